The number of thiazole rings is 1. The second-order valence-electron chi connectivity index (χ2n) is 7.16. The molecule has 0 aliphatic heterocycles. The van der Waals surface area contributed by atoms with E-state index in [1.54, 1.807) is 12.3 Å². The first kappa shape index (κ1) is 22.3. The lowest BCUT2D eigenvalue weighted by Gasteiger charge is -2.09. The molecule has 158 valence electrons. The number of carbonyl (C=O) groups excluding carboxylic acids is 1. The zero-order valence-corrected chi connectivity index (χ0v) is 18.5. The highest BCUT2D eigenvalue weighted by atomic mass is 32.1. The molecule has 6 heteroatoms. The third kappa shape index (κ3) is 6.53. The molecule has 31 heavy (non-hydrogen) atoms. The number of hydrogen-bond donors (Lipinski definition) is 1. The van der Waals surface area contributed by atoms with Gasteiger partial charge in [0.25, 0.3) is 5.91 Å². The molecular formula is C25H25N3O2S. The molecule has 0 fully saturated rings. The van der Waals surface area contributed by atoms with Crippen LogP contribution in [0.25, 0.3) is 6.08 Å². The van der Waals surface area contributed by atoms with Crippen molar-refractivity contribution in [2.75, 3.05) is 11.9 Å². The molecule has 1 heterocycles. The number of amides is 1. The summed E-state index contributed by atoms with van der Waals surface area (Å²) in [6, 6.07) is 17.7. The van der Waals surface area contributed by atoms with Gasteiger partial charge in [0.1, 0.15) is 17.4 Å². The van der Waals surface area contributed by atoms with Crippen LogP contribution in [0.4, 0.5) is 5.13 Å². The van der Waals surface area contributed by atoms with E-state index < -0.39 is 5.91 Å². The maximum atomic E-state index is 12.7. The second-order valence-corrected chi connectivity index (χ2v) is 8.28. The zero-order valence-electron chi connectivity index (χ0n) is 17.7. The molecule has 1 N–H and O–H groups in total. The number of para-hydroxylation sites is 1. The number of rotatable bonds is 9. The highest BCUT2D eigenvalue weighted by Crippen LogP contribution is 2.24. The van der Waals surface area contributed by atoms with E-state index in [2.05, 4.69) is 42.3 Å². The van der Waals surface area contributed by atoms with Crippen LogP contribution in [0.2, 0.25) is 0 Å². The summed E-state index contributed by atoms with van der Waals surface area (Å²) in [6.07, 6.45) is 6.04. The Balaban J connectivity index is 1.69. The molecule has 0 saturated heterocycles. The number of nitrogens with one attached hydrogen (secondary N) is 1. The molecule has 3 rings (SSSR count). The minimum Gasteiger partial charge on any atom is -0.493 e. The van der Waals surface area contributed by atoms with Crippen LogP contribution < -0.4 is 10.1 Å². The summed E-state index contributed by atoms with van der Waals surface area (Å²) in [6.45, 7) is 4.75. The molecular weight excluding hydrogens is 406 g/mol. The van der Waals surface area contributed by atoms with Crippen LogP contribution in [0, 0.1) is 18.3 Å². The summed E-state index contributed by atoms with van der Waals surface area (Å²) in [4.78, 5) is 18.0. The van der Waals surface area contributed by atoms with E-state index in [0.717, 1.165) is 24.1 Å². The molecule has 0 saturated carbocycles. The lowest BCUT2D eigenvalue weighted by Crippen LogP contribution is -2.13. The Morgan fingerprint density at radius 1 is 1.26 bits per heavy atom. The smallest absolute Gasteiger partial charge is 0.268 e. The first-order valence-electron chi connectivity index (χ1n) is 10.2. The van der Waals surface area contributed by atoms with Crippen LogP contribution in [0.3, 0.4) is 0 Å². The molecule has 0 bridgehead atoms. The van der Waals surface area contributed by atoms with Crippen molar-refractivity contribution in [3.8, 4) is 11.8 Å². The van der Waals surface area contributed by atoms with Crippen molar-refractivity contribution in [1.82, 2.24) is 4.98 Å². The molecule has 2 aromatic carbocycles. The fraction of sp³-hybridized carbons (Fsp3) is 0.240. The number of nitrogens with zero attached hydrogens (tertiary/aromatic N) is 2. The Morgan fingerprint density at radius 3 is 2.87 bits per heavy atom. The Hall–Kier alpha value is -3.43. The van der Waals surface area contributed by atoms with E-state index in [4.69, 9.17) is 4.74 Å². The lowest BCUT2D eigenvalue weighted by atomic mass is 10.1. The summed E-state index contributed by atoms with van der Waals surface area (Å²) in [7, 11) is 0. The number of nitriles is 1. The van der Waals surface area contributed by atoms with Gasteiger partial charge in [0.05, 0.1) is 6.61 Å². The average molecular weight is 432 g/mol. The van der Waals surface area contributed by atoms with Crippen molar-refractivity contribution in [3.63, 3.8) is 0 Å². The Bertz CT molecular complexity index is 1110. The van der Waals surface area contributed by atoms with E-state index in [9.17, 15) is 10.1 Å². The van der Waals surface area contributed by atoms with Crippen LogP contribution in [0.1, 0.15) is 41.3 Å². The first-order chi connectivity index (χ1) is 15.1. The first-order valence-corrected chi connectivity index (χ1v) is 11.1. The molecule has 0 atom stereocenters. The quantitative estimate of drug-likeness (QED) is 0.265. The monoisotopic (exact) mass is 431 g/mol. The summed E-state index contributed by atoms with van der Waals surface area (Å²) in [5.74, 6) is 0.175. The highest BCUT2D eigenvalue weighted by Gasteiger charge is 2.13. The van der Waals surface area contributed by atoms with Crippen molar-refractivity contribution < 1.29 is 9.53 Å². The molecule has 0 aliphatic rings. The standard InChI is InChI=1S/C25H25N3O2S/c1-3-4-12-30-23-11-6-5-10-20(23)15-21(16-26)24(29)28-25-27-17-22(31-25)14-19-9-7-8-18(2)13-19/h5-11,13,15,17H,3-4,12,14H2,1-2H3,(H,27,28,29). The van der Waals surface area contributed by atoms with Crippen LogP contribution in [0.5, 0.6) is 5.75 Å². The van der Waals surface area contributed by atoms with E-state index in [1.165, 1.54) is 22.5 Å². The minimum atomic E-state index is -0.484. The van der Waals surface area contributed by atoms with Gasteiger partial charge in [-0.25, -0.2) is 4.98 Å². The zero-order chi connectivity index (χ0) is 22.1. The molecule has 0 unspecified atom stereocenters. The average Bonchev–Trinajstić information content (AvgIpc) is 3.19. The predicted octanol–water partition coefficient (Wildman–Crippen LogP) is 5.77. The minimum absolute atomic E-state index is 0.00183. The summed E-state index contributed by atoms with van der Waals surface area (Å²) < 4.78 is 5.79. The van der Waals surface area contributed by atoms with E-state index in [0.29, 0.717) is 23.1 Å². The van der Waals surface area contributed by atoms with Gasteiger partial charge in [-0.15, -0.1) is 11.3 Å². The van der Waals surface area contributed by atoms with Crippen molar-refractivity contribution >= 4 is 28.5 Å². The van der Waals surface area contributed by atoms with Gasteiger partial charge in [-0.2, -0.15) is 5.26 Å². The molecule has 0 aliphatic carbocycles. The number of benzene rings is 2. The lowest BCUT2D eigenvalue weighted by molar-refractivity contribution is -0.112. The number of ether oxygens (including phenoxy) is 1. The van der Waals surface area contributed by atoms with Crippen molar-refractivity contribution in [2.24, 2.45) is 0 Å². The van der Waals surface area contributed by atoms with Crippen LogP contribution in [-0.2, 0) is 11.2 Å². The molecule has 1 amide bonds. The van der Waals surface area contributed by atoms with Crippen molar-refractivity contribution in [3.05, 3.63) is 81.9 Å². The van der Waals surface area contributed by atoms with Gasteiger partial charge in [0.2, 0.25) is 0 Å². The van der Waals surface area contributed by atoms with Crippen LogP contribution in [0.15, 0.2) is 60.3 Å². The van der Waals surface area contributed by atoms with Crippen molar-refractivity contribution in [1.29, 1.82) is 5.26 Å². The molecule has 0 radical (unpaired) electrons. The Kier molecular flexibility index (Phi) is 7.97. The second kappa shape index (κ2) is 11.1. The fourth-order valence-electron chi connectivity index (χ4n) is 3.00. The SMILES string of the molecule is CCCCOc1ccccc1C=C(C#N)C(=O)Nc1ncc(Cc2cccc(C)c2)s1. The van der Waals surface area contributed by atoms with Crippen molar-refractivity contribution in [2.45, 2.75) is 33.1 Å². The maximum Gasteiger partial charge on any atom is 0.268 e. The topological polar surface area (TPSA) is 75.0 Å². The Morgan fingerprint density at radius 2 is 2.10 bits per heavy atom. The summed E-state index contributed by atoms with van der Waals surface area (Å²) in [5.41, 5.74) is 3.10. The Labute approximate surface area is 187 Å². The van der Waals surface area contributed by atoms with Gasteiger partial charge in [0, 0.05) is 23.1 Å². The summed E-state index contributed by atoms with van der Waals surface area (Å²) in [5, 5.41) is 12.7. The van der Waals surface area contributed by atoms with Gasteiger partial charge in [-0.1, -0.05) is 61.4 Å². The normalized spacial score (nSPS) is 11.1. The fourth-order valence-corrected chi connectivity index (χ4v) is 3.84. The molecule has 0 spiro atoms. The number of carbonyl (C=O) groups is 1. The van der Waals surface area contributed by atoms with Gasteiger partial charge < -0.3 is 4.74 Å². The van der Waals surface area contributed by atoms with E-state index in [1.807, 2.05) is 36.4 Å². The maximum absolute atomic E-state index is 12.7. The number of aryl methyl sites for hydroxylation is 1. The van der Waals surface area contributed by atoms with Crippen LogP contribution in [-0.4, -0.2) is 17.5 Å². The number of anilines is 1. The van der Waals surface area contributed by atoms with Crippen LogP contribution >= 0.6 is 11.3 Å². The predicted molar refractivity (Wildman–Crippen MR) is 125 cm³/mol. The number of aromatic nitrogens is 1. The van der Waals surface area contributed by atoms with Gasteiger partial charge in [0.15, 0.2) is 5.13 Å². The number of hydrogen-bond acceptors (Lipinski definition) is 5. The van der Waals surface area contributed by atoms with Gasteiger partial charge in [-0.3, -0.25) is 10.1 Å². The molecule has 5 nitrogen and oxygen atoms in total. The highest BCUT2D eigenvalue weighted by molar-refractivity contribution is 7.15. The molecule has 1 aromatic heterocycles. The third-order valence-corrected chi connectivity index (χ3v) is 5.49. The van der Waals surface area contributed by atoms with Gasteiger partial charge >= 0.3 is 0 Å². The van der Waals surface area contributed by atoms with Gasteiger partial charge in [-0.05, 0) is 31.1 Å². The largest absolute Gasteiger partial charge is 0.493 e. The molecule has 3 aromatic rings. The number of unbranched alkanes of at least 4 members (excludes halogenated alkanes) is 1. The van der Waals surface area contributed by atoms with E-state index >= 15 is 0 Å². The summed E-state index contributed by atoms with van der Waals surface area (Å²) >= 11 is 1.41. The third-order valence-electron chi connectivity index (χ3n) is 4.57. The van der Waals surface area contributed by atoms with E-state index in [-0.39, 0.29) is 5.57 Å².